The lowest BCUT2D eigenvalue weighted by atomic mass is 9.97. The van der Waals surface area contributed by atoms with E-state index in [2.05, 4.69) is 0 Å². The summed E-state index contributed by atoms with van der Waals surface area (Å²) in [7, 11) is 0. The number of esters is 2. The zero-order valence-corrected chi connectivity index (χ0v) is 12.5. The van der Waals surface area contributed by atoms with Crippen LogP contribution < -0.4 is 11.5 Å². The number of rotatable bonds is 6. The Kier molecular flexibility index (Phi) is 5.46. The molecule has 0 unspecified atom stereocenters. The molecule has 0 radical (unpaired) electrons. The molecule has 2 rings (SSSR count). The Bertz CT molecular complexity index is 599. The van der Waals surface area contributed by atoms with Crippen LogP contribution in [0.5, 0.6) is 0 Å². The maximum atomic E-state index is 11.9. The first-order valence-electron chi connectivity index (χ1n) is 7.07. The van der Waals surface area contributed by atoms with Gasteiger partial charge in [0.25, 0.3) is 0 Å². The van der Waals surface area contributed by atoms with Gasteiger partial charge in [-0.1, -0.05) is 60.7 Å². The highest BCUT2D eigenvalue weighted by molar-refractivity contribution is 5.75. The quantitative estimate of drug-likeness (QED) is 0.606. The van der Waals surface area contributed by atoms with Gasteiger partial charge in [0.2, 0.25) is 0 Å². The van der Waals surface area contributed by atoms with Crippen molar-refractivity contribution in [3.8, 4) is 0 Å². The summed E-state index contributed by atoms with van der Waals surface area (Å²) in [5.41, 5.74) is 11.7. The lowest BCUT2D eigenvalue weighted by Crippen LogP contribution is -2.41. The van der Waals surface area contributed by atoms with Crippen LogP contribution in [0, 0.1) is 0 Å². The fourth-order valence-electron chi connectivity index (χ4n) is 2.14. The molecule has 0 aliphatic heterocycles. The van der Waals surface area contributed by atoms with Crippen molar-refractivity contribution < 1.29 is 19.1 Å². The Morgan fingerprint density at radius 1 is 0.739 bits per heavy atom. The first-order chi connectivity index (χ1) is 11.1. The normalized spacial score (nSPS) is 10.9. The van der Waals surface area contributed by atoms with Crippen LogP contribution >= 0.6 is 0 Å². The van der Waals surface area contributed by atoms with Gasteiger partial charge in [-0.3, -0.25) is 9.59 Å². The average molecular weight is 314 g/mol. The molecule has 2 aromatic carbocycles. The largest absolute Gasteiger partial charge is 0.413 e. The van der Waals surface area contributed by atoms with Crippen molar-refractivity contribution in [2.75, 3.05) is 13.1 Å². The smallest absolute Gasteiger partial charge is 0.323 e. The molecule has 0 aliphatic rings. The third-order valence-electron chi connectivity index (χ3n) is 3.16. The average Bonchev–Trinajstić information content (AvgIpc) is 2.62. The van der Waals surface area contributed by atoms with Crippen LogP contribution in [0.2, 0.25) is 0 Å². The van der Waals surface area contributed by atoms with E-state index in [0.29, 0.717) is 11.1 Å². The molecule has 23 heavy (non-hydrogen) atoms. The summed E-state index contributed by atoms with van der Waals surface area (Å²) >= 11 is 0. The zero-order valence-electron chi connectivity index (χ0n) is 12.5. The van der Waals surface area contributed by atoms with Gasteiger partial charge < -0.3 is 20.9 Å². The molecule has 0 fully saturated rings. The summed E-state index contributed by atoms with van der Waals surface area (Å²) in [5, 5.41) is 0. The molecule has 4 N–H and O–H groups in total. The van der Waals surface area contributed by atoms with E-state index < -0.39 is 17.7 Å². The Morgan fingerprint density at radius 2 is 1.09 bits per heavy atom. The number of nitrogens with two attached hydrogens (primary N) is 2. The number of benzene rings is 2. The van der Waals surface area contributed by atoms with Crippen molar-refractivity contribution in [1.82, 2.24) is 0 Å². The molecule has 0 amide bonds. The Morgan fingerprint density at radius 3 is 1.39 bits per heavy atom. The fraction of sp³-hybridized carbons (Fsp3) is 0.176. The SMILES string of the molecule is NCC(=O)OC(OC(=O)CN)(c1ccccc1)c1ccccc1. The summed E-state index contributed by atoms with van der Waals surface area (Å²) in [4.78, 5) is 23.7. The van der Waals surface area contributed by atoms with E-state index in [1.54, 1.807) is 60.7 Å². The van der Waals surface area contributed by atoms with E-state index in [9.17, 15) is 9.59 Å². The number of carbonyl (C=O) groups is 2. The standard InChI is InChI=1S/C17H18N2O4/c18-11-15(20)22-17(23-16(21)12-19,13-7-3-1-4-8-13)14-9-5-2-6-10-14/h1-10H,11-12,18-19H2. The van der Waals surface area contributed by atoms with E-state index in [0.717, 1.165) is 0 Å². The van der Waals surface area contributed by atoms with E-state index >= 15 is 0 Å². The minimum Gasteiger partial charge on any atom is -0.413 e. The van der Waals surface area contributed by atoms with E-state index in [1.165, 1.54) is 0 Å². The third-order valence-corrected chi connectivity index (χ3v) is 3.16. The molecule has 0 bridgehead atoms. The molecule has 0 saturated heterocycles. The van der Waals surface area contributed by atoms with E-state index in [-0.39, 0.29) is 13.1 Å². The molecule has 0 saturated carbocycles. The van der Waals surface area contributed by atoms with E-state index in [4.69, 9.17) is 20.9 Å². The van der Waals surface area contributed by atoms with Crippen LogP contribution in [0.15, 0.2) is 60.7 Å². The van der Waals surface area contributed by atoms with Crippen LogP contribution in [0.4, 0.5) is 0 Å². The Labute approximate surface area is 134 Å². The molecule has 120 valence electrons. The molecule has 0 aromatic heterocycles. The first-order valence-corrected chi connectivity index (χ1v) is 7.07. The monoisotopic (exact) mass is 314 g/mol. The molecule has 0 heterocycles. The highest BCUT2D eigenvalue weighted by Gasteiger charge is 2.42. The van der Waals surface area contributed by atoms with Crippen molar-refractivity contribution in [3.63, 3.8) is 0 Å². The van der Waals surface area contributed by atoms with Crippen molar-refractivity contribution in [3.05, 3.63) is 71.8 Å². The van der Waals surface area contributed by atoms with Crippen LogP contribution in [0.3, 0.4) is 0 Å². The Hall–Kier alpha value is -2.70. The number of carbonyl (C=O) groups excluding carboxylic acids is 2. The zero-order chi connectivity index (χ0) is 16.7. The highest BCUT2D eigenvalue weighted by atomic mass is 16.7. The molecule has 2 aromatic rings. The second-order valence-electron chi connectivity index (χ2n) is 4.71. The van der Waals surface area contributed by atoms with Crippen LogP contribution in [0.25, 0.3) is 0 Å². The van der Waals surface area contributed by atoms with Gasteiger partial charge in [-0.05, 0) is 0 Å². The van der Waals surface area contributed by atoms with Crippen molar-refractivity contribution in [2.24, 2.45) is 11.5 Å². The number of hydrogen-bond acceptors (Lipinski definition) is 6. The number of ether oxygens (including phenoxy) is 2. The lowest BCUT2D eigenvalue weighted by Gasteiger charge is -2.33. The maximum absolute atomic E-state index is 11.9. The van der Waals surface area contributed by atoms with Gasteiger partial charge in [0.15, 0.2) is 0 Å². The maximum Gasteiger partial charge on any atom is 0.323 e. The fourth-order valence-corrected chi connectivity index (χ4v) is 2.14. The predicted octanol–water partition coefficient (Wildman–Crippen LogP) is 0.892. The van der Waals surface area contributed by atoms with Crippen LogP contribution in [0.1, 0.15) is 11.1 Å². The molecule has 0 atom stereocenters. The van der Waals surface area contributed by atoms with Crippen molar-refractivity contribution in [1.29, 1.82) is 0 Å². The second kappa shape index (κ2) is 7.53. The minimum atomic E-state index is -1.73. The molecule has 6 heteroatoms. The number of hydrogen-bond donors (Lipinski definition) is 2. The predicted molar refractivity (Wildman–Crippen MR) is 84.0 cm³/mol. The van der Waals surface area contributed by atoms with E-state index in [1.807, 2.05) is 0 Å². The van der Waals surface area contributed by atoms with Crippen molar-refractivity contribution in [2.45, 2.75) is 5.79 Å². The van der Waals surface area contributed by atoms with Gasteiger partial charge >= 0.3 is 17.7 Å². The third kappa shape index (κ3) is 3.74. The first kappa shape index (κ1) is 16.7. The minimum absolute atomic E-state index is 0.346. The lowest BCUT2D eigenvalue weighted by molar-refractivity contribution is -0.217. The summed E-state index contributed by atoms with van der Waals surface area (Å²) < 4.78 is 10.9. The van der Waals surface area contributed by atoms with Gasteiger partial charge in [0, 0.05) is 11.1 Å². The molecular formula is C17H18N2O4. The summed E-state index contributed by atoms with van der Waals surface area (Å²) in [6.07, 6.45) is 0. The van der Waals surface area contributed by atoms with Crippen LogP contribution in [-0.4, -0.2) is 25.0 Å². The Balaban J connectivity index is 2.62. The topological polar surface area (TPSA) is 105 Å². The van der Waals surface area contributed by atoms with Gasteiger partial charge in [-0.2, -0.15) is 0 Å². The summed E-state index contributed by atoms with van der Waals surface area (Å²) in [6, 6.07) is 17.4. The molecule has 0 spiro atoms. The van der Waals surface area contributed by atoms with Gasteiger partial charge in [0.1, 0.15) is 0 Å². The highest BCUT2D eigenvalue weighted by Crippen LogP contribution is 2.35. The van der Waals surface area contributed by atoms with Gasteiger partial charge in [-0.25, -0.2) is 0 Å². The summed E-state index contributed by atoms with van der Waals surface area (Å²) in [6.45, 7) is -0.691. The molecule has 6 nitrogen and oxygen atoms in total. The molecule has 0 aliphatic carbocycles. The van der Waals surface area contributed by atoms with Crippen molar-refractivity contribution >= 4 is 11.9 Å². The second-order valence-corrected chi connectivity index (χ2v) is 4.71. The van der Waals surface area contributed by atoms with Gasteiger partial charge in [-0.15, -0.1) is 0 Å². The molecular weight excluding hydrogens is 296 g/mol. The summed E-state index contributed by atoms with van der Waals surface area (Å²) in [5.74, 6) is -3.14. The van der Waals surface area contributed by atoms with Gasteiger partial charge in [0.05, 0.1) is 13.1 Å². The van der Waals surface area contributed by atoms with Crippen LogP contribution in [-0.2, 0) is 24.8 Å².